The van der Waals surface area contributed by atoms with Crippen LogP contribution in [0.5, 0.6) is 0 Å². The van der Waals surface area contributed by atoms with Crippen LogP contribution in [0.2, 0.25) is 5.02 Å². The summed E-state index contributed by atoms with van der Waals surface area (Å²) in [6, 6.07) is 8.86. The van der Waals surface area contributed by atoms with Gasteiger partial charge in [0.1, 0.15) is 5.02 Å². The summed E-state index contributed by atoms with van der Waals surface area (Å²) < 4.78 is 14.2. The molecule has 0 fully saturated rings. The van der Waals surface area contributed by atoms with Crippen LogP contribution in [0.25, 0.3) is 10.8 Å². The molecule has 0 saturated carbocycles. The van der Waals surface area contributed by atoms with E-state index in [9.17, 15) is 4.39 Å². The number of nitrogens with one attached hydrogen (secondary N) is 1. The highest BCUT2D eigenvalue weighted by Crippen LogP contribution is 2.36. The van der Waals surface area contributed by atoms with Crippen LogP contribution >= 0.6 is 11.6 Å². The maximum atomic E-state index is 14.2. The SMILES string of the molecule is Nc1cc(N)c(Nc2cccc3cnccc23)c(F)c1Cl. The van der Waals surface area contributed by atoms with Gasteiger partial charge in [-0.2, -0.15) is 0 Å². The Bertz CT molecular complexity index is 830. The maximum Gasteiger partial charge on any atom is 0.169 e. The molecule has 6 heteroatoms. The van der Waals surface area contributed by atoms with E-state index < -0.39 is 5.82 Å². The molecule has 0 aliphatic heterocycles. The number of halogens is 2. The quantitative estimate of drug-likeness (QED) is 0.627. The number of hydrogen-bond donors (Lipinski definition) is 3. The molecule has 0 atom stereocenters. The van der Waals surface area contributed by atoms with Crippen molar-refractivity contribution in [1.29, 1.82) is 0 Å². The van der Waals surface area contributed by atoms with Crippen molar-refractivity contribution in [3.05, 3.63) is 53.6 Å². The van der Waals surface area contributed by atoms with Gasteiger partial charge in [0.15, 0.2) is 5.82 Å². The topological polar surface area (TPSA) is 77.0 Å². The fraction of sp³-hybridized carbons (Fsp3) is 0. The molecule has 2 aromatic carbocycles. The van der Waals surface area contributed by atoms with E-state index in [1.54, 1.807) is 12.4 Å². The molecule has 106 valence electrons. The molecule has 4 nitrogen and oxygen atoms in total. The summed E-state index contributed by atoms with van der Waals surface area (Å²) >= 11 is 5.83. The zero-order valence-electron chi connectivity index (χ0n) is 10.9. The summed E-state index contributed by atoms with van der Waals surface area (Å²) in [5.41, 5.74) is 12.5. The molecule has 0 aliphatic carbocycles. The van der Waals surface area contributed by atoms with Crippen LogP contribution in [0, 0.1) is 5.82 Å². The van der Waals surface area contributed by atoms with Gasteiger partial charge >= 0.3 is 0 Å². The van der Waals surface area contributed by atoms with E-state index in [1.807, 2.05) is 24.3 Å². The molecule has 21 heavy (non-hydrogen) atoms. The van der Waals surface area contributed by atoms with Crippen LogP contribution in [-0.2, 0) is 0 Å². The molecule has 0 spiro atoms. The van der Waals surface area contributed by atoms with Gasteiger partial charge in [-0.25, -0.2) is 4.39 Å². The standard InChI is InChI=1S/C15H12ClFN4/c16-13-10(18)6-11(19)15(14(13)17)21-12-3-1-2-8-7-20-5-4-9(8)12/h1-7,21H,18-19H2. The lowest BCUT2D eigenvalue weighted by Gasteiger charge is -2.14. The Labute approximate surface area is 125 Å². The van der Waals surface area contributed by atoms with E-state index in [1.165, 1.54) is 6.07 Å². The first-order chi connectivity index (χ1) is 10.1. The zero-order chi connectivity index (χ0) is 15.0. The molecule has 1 heterocycles. The second-order valence-corrected chi connectivity index (χ2v) is 4.96. The Balaban J connectivity index is 2.14. The van der Waals surface area contributed by atoms with Gasteiger partial charge in [-0.05, 0) is 18.2 Å². The number of fused-ring (bicyclic) bond motifs is 1. The molecule has 3 rings (SSSR count). The lowest BCUT2D eigenvalue weighted by molar-refractivity contribution is 0.633. The average Bonchev–Trinajstić information content (AvgIpc) is 2.49. The van der Waals surface area contributed by atoms with Crippen LogP contribution in [0.3, 0.4) is 0 Å². The smallest absolute Gasteiger partial charge is 0.169 e. The van der Waals surface area contributed by atoms with E-state index in [4.69, 9.17) is 23.1 Å². The summed E-state index contributed by atoms with van der Waals surface area (Å²) in [6.07, 6.45) is 3.40. The highest BCUT2D eigenvalue weighted by molar-refractivity contribution is 6.33. The Hall–Kier alpha value is -2.53. The summed E-state index contributed by atoms with van der Waals surface area (Å²) in [7, 11) is 0. The Morgan fingerprint density at radius 1 is 1.14 bits per heavy atom. The largest absolute Gasteiger partial charge is 0.397 e. The number of nitrogens with zero attached hydrogens (tertiary/aromatic N) is 1. The van der Waals surface area contributed by atoms with E-state index in [2.05, 4.69) is 10.3 Å². The molecule has 3 aromatic rings. The second-order valence-electron chi connectivity index (χ2n) is 4.59. The lowest BCUT2D eigenvalue weighted by Crippen LogP contribution is -2.03. The van der Waals surface area contributed by atoms with E-state index >= 15 is 0 Å². The number of hydrogen-bond acceptors (Lipinski definition) is 4. The first-order valence-electron chi connectivity index (χ1n) is 6.20. The van der Waals surface area contributed by atoms with Crippen molar-refractivity contribution in [1.82, 2.24) is 4.98 Å². The van der Waals surface area contributed by atoms with Crippen molar-refractivity contribution in [2.45, 2.75) is 0 Å². The minimum atomic E-state index is -0.666. The Morgan fingerprint density at radius 2 is 1.95 bits per heavy atom. The van der Waals surface area contributed by atoms with E-state index in [-0.39, 0.29) is 22.1 Å². The lowest BCUT2D eigenvalue weighted by atomic mass is 10.1. The average molecular weight is 303 g/mol. The molecular weight excluding hydrogens is 291 g/mol. The van der Waals surface area contributed by atoms with Gasteiger partial charge in [-0.1, -0.05) is 23.7 Å². The Kier molecular flexibility index (Phi) is 3.27. The molecule has 0 radical (unpaired) electrons. The van der Waals surface area contributed by atoms with Crippen LogP contribution in [0.4, 0.5) is 27.1 Å². The van der Waals surface area contributed by atoms with Gasteiger partial charge in [0.25, 0.3) is 0 Å². The van der Waals surface area contributed by atoms with Crippen molar-refractivity contribution in [2.75, 3.05) is 16.8 Å². The molecule has 0 saturated heterocycles. The van der Waals surface area contributed by atoms with Crippen molar-refractivity contribution in [3.8, 4) is 0 Å². The predicted molar refractivity (Wildman–Crippen MR) is 85.3 cm³/mol. The monoisotopic (exact) mass is 302 g/mol. The van der Waals surface area contributed by atoms with Gasteiger partial charge in [0.2, 0.25) is 0 Å². The number of benzene rings is 2. The summed E-state index contributed by atoms with van der Waals surface area (Å²) in [6.45, 7) is 0. The van der Waals surface area contributed by atoms with Crippen LogP contribution < -0.4 is 16.8 Å². The third kappa shape index (κ3) is 2.32. The third-order valence-electron chi connectivity index (χ3n) is 3.21. The summed E-state index contributed by atoms with van der Waals surface area (Å²) in [4.78, 5) is 4.06. The maximum absolute atomic E-state index is 14.2. The van der Waals surface area contributed by atoms with Gasteiger partial charge in [0, 0.05) is 28.9 Å². The molecular formula is C15H12ClFN4. The minimum absolute atomic E-state index is 0.110. The molecule has 1 aromatic heterocycles. The number of rotatable bonds is 2. The second kappa shape index (κ2) is 5.10. The fourth-order valence-corrected chi connectivity index (χ4v) is 2.31. The zero-order valence-corrected chi connectivity index (χ0v) is 11.7. The van der Waals surface area contributed by atoms with Crippen molar-refractivity contribution < 1.29 is 4.39 Å². The number of nitrogens with two attached hydrogens (primary N) is 2. The first kappa shape index (κ1) is 13.5. The normalized spacial score (nSPS) is 10.8. The molecule has 0 unspecified atom stereocenters. The van der Waals surface area contributed by atoms with Gasteiger partial charge in [-0.3, -0.25) is 4.98 Å². The van der Waals surface area contributed by atoms with E-state index in [0.717, 1.165) is 10.8 Å². The number of nitrogen functional groups attached to an aromatic ring is 2. The number of aromatic nitrogens is 1. The van der Waals surface area contributed by atoms with Crippen molar-refractivity contribution in [2.24, 2.45) is 0 Å². The first-order valence-corrected chi connectivity index (χ1v) is 6.58. The molecule has 0 amide bonds. The van der Waals surface area contributed by atoms with Gasteiger partial charge in [0.05, 0.1) is 17.1 Å². The highest BCUT2D eigenvalue weighted by Gasteiger charge is 2.15. The predicted octanol–water partition coefficient (Wildman–Crippen LogP) is 3.94. The number of anilines is 4. The molecule has 0 bridgehead atoms. The third-order valence-corrected chi connectivity index (χ3v) is 3.59. The van der Waals surface area contributed by atoms with Gasteiger partial charge < -0.3 is 16.8 Å². The number of pyridine rings is 1. The van der Waals surface area contributed by atoms with Crippen LogP contribution in [0.1, 0.15) is 0 Å². The van der Waals surface area contributed by atoms with Crippen molar-refractivity contribution >= 4 is 45.1 Å². The summed E-state index contributed by atoms with van der Waals surface area (Å²) in [5.74, 6) is -0.666. The van der Waals surface area contributed by atoms with E-state index in [0.29, 0.717) is 5.69 Å². The Morgan fingerprint density at radius 3 is 2.76 bits per heavy atom. The van der Waals surface area contributed by atoms with Crippen LogP contribution in [-0.4, -0.2) is 4.98 Å². The molecule has 5 N–H and O–H groups in total. The fourth-order valence-electron chi connectivity index (χ4n) is 2.16. The molecule has 0 aliphatic rings. The van der Waals surface area contributed by atoms with Crippen molar-refractivity contribution in [3.63, 3.8) is 0 Å². The van der Waals surface area contributed by atoms with Crippen LogP contribution in [0.15, 0.2) is 42.7 Å². The highest BCUT2D eigenvalue weighted by atomic mass is 35.5. The van der Waals surface area contributed by atoms with Gasteiger partial charge in [-0.15, -0.1) is 0 Å². The summed E-state index contributed by atoms with van der Waals surface area (Å²) in [5, 5.41) is 4.67. The minimum Gasteiger partial charge on any atom is -0.397 e.